The second-order valence-electron chi connectivity index (χ2n) is 6.12. The van der Waals surface area contributed by atoms with E-state index in [1.165, 1.54) is 12.1 Å². The van der Waals surface area contributed by atoms with Crippen molar-refractivity contribution in [3.63, 3.8) is 0 Å². The third-order valence-corrected chi connectivity index (χ3v) is 3.89. The van der Waals surface area contributed by atoms with Gasteiger partial charge in [-0.2, -0.15) is 0 Å². The topological polar surface area (TPSA) is 89.9 Å². The van der Waals surface area contributed by atoms with Crippen molar-refractivity contribution < 1.29 is 19.8 Å². The van der Waals surface area contributed by atoms with Gasteiger partial charge >= 0.3 is 12.0 Å². The van der Waals surface area contributed by atoms with Crippen LogP contribution in [0.5, 0.6) is 5.75 Å². The summed E-state index contributed by atoms with van der Waals surface area (Å²) in [4.78, 5) is 24.6. The molecule has 1 fully saturated rings. The largest absolute Gasteiger partial charge is 0.506 e. The van der Waals surface area contributed by atoms with Gasteiger partial charge in [0.25, 0.3) is 0 Å². The second-order valence-corrected chi connectivity index (χ2v) is 6.12. The molecule has 1 aromatic rings. The van der Waals surface area contributed by atoms with Crippen LogP contribution in [-0.4, -0.2) is 40.2 Å². The van der Waals surface area contributed by atoms with E-state index in [0.717, 1.165) is 18.9 Å². The molecule has 0 atom stereocenters. The molecular weight excluding hydrogens is 272 g/mol. The van der Waals surface area contributed by atoms with Crippen molar-refractivity contribution in [3.8, 4) is 5.75 Å². The van der Waals surface area contributed by atoms with Crippen LogP contribution < -0.4 is 5.32 Å². The molecule has 0 unspecified atom stereocenters. The Kier molecular flexibility index (Phi) is 4.06. The second kappa shape index (κ2) is 5.63. The number of piperidine rings is 1. The smallest absolute Gasteiger partial charge is 0.335 e. The van der Waals surface area contributed by atoms with Crippen LogP contribution in [0.3, 0.4) is 0 Å². The fourth-order valence-electron chi connectivity index (χ4n) is 2.28. The summed E-state index contributed by atoms with van der Waals surface area (Å²) in [5.74, 6) is -1.37. The summed E-state index contributed by atoms with van der Waals surface area (Å²) in [5, 5.41) is 21.2. The summed E-state index contributed by atoms with van der Waals surface area (Å²) in [6.07, 6.45) is 1.87. The molecule has 0 aromatic heterocycles. The minimum Gasteiger partial charge on any atom is -0.506 e. The summed E-state index contributed by atoms with van der Waals surface area (Å²) in [6.45, 7) is 5.71. The van der Waals surface area contributed by atoms with Crippen molar-refractivity contribution in [1.29, 1.82) is 0 Å². The maximum atomic E-state index is 12.1. The van der Waals surface area contributed by atoms with E-state index in [1.54, 1.807) is 4.90 Å². The van der Waals surface area contributed by atoms with Crippen molar-refractivity contribution in [2.24, 2.45) is 5.41 Å². The number of nitrogens with one attached hydrogen (secondary N) is 1. The van der Waals surface area contributed by atoms with E-state index in [2.05, 4.69) is 19.2 Å². The van der Waals surface area contributed by atoms with Crippen LogP contribution >= 0.6 is 0 Å². The van der Waals surface area contributed by atoms with E-state index in [9.17, 15) is 14.7 Å². The summed E-state index contributed by atoms with van der Waals surface area (Å²) in [7, 11) is 0. The quantitative estimate of drug-likeness (QED) is 0.731. The van der Waals surface area contributed by atoms with Gasteiger partial charge in [-0.3, -0.25) is 0 Å². The Morgan fingerprint density at radius 2 is 1.86 bits per heavy atom. The zero-order chi connectivity index (χ0) is 15.6. The predicted octanol–water partition coefficient (Wildman–Crippen LogP) is 2.74. The number of aromatic hydroxyl groups is 1. The molecule has 2 amide bonds. The lowest BCUT2D eigenvalue weighted by Crippen LogP contribution is -2.43. The van der Waals surface area contributed by atoms with Crippen LogP contribution in [-0.2, 0) is 0 Å². The highest BCUT2D eigenvalue weighted by Gasteiger charge is 2.28. The molecule has 0 spiro atoms. The standard InChI is InChI=1S/C15H20N2O4/c1-15(2)5-7-17(8-6-15)14(21)16-11-4-3-10(13(19)20)9-12(11)18/h3-4,9,18H,5-8H2,1-2H3,(H,16,21)(H,19,20). The van der Waals surface area contributed by atoms with Crippen molar-refractivity contribution in [2.75, 3.05) is 18.4 Å². The van der Waals surface area contributed by atoms with Crippen molar-refractivity contribution in [3.05, 3.63) is 23.8 Å². The maximum absolute atomic E-state index is 12.1. The molecule has 0 saturated carbocycles. The number of anilines is 1. The van der Waals surface area contributed by atoms with Gasteiger partial charge in [0.15, 0.2) is 0 Å². The van der Waals surface area contributed by atoms with Gasteiger partial charge in [0.2, 0.25) is 0 Å². The monoisotopic (exact) mass is 292 g/mol. The Balaban J connectivity index is 2.02. The van der Waals surface area contributed by atoms with Crippen molar-refractivity contribution in [2.45, 2.75) is 26.7 Å². The molecule has 21 heavy (non-hydrogen) atoms. The molecule has 6 nitrogen and oxygen atoms in total. The third kappa shape index (κ3) is 3.65. The van der Waals surface area contributed by atoms with Crippen LogP contribution in [0.15, 0.2) is 18.2 Å². The summed E-state index contributed by atoms with van der Waals surface area (Å²) in [6, 6.07) is 3.59. The lowest BCUT2D eigenvalue weighted by Gasteiger charge is -2.36. The van der Waals surface area contributed by atoms with Gasteiger partial charge in [-0.05, 0) is 36.5 Å². The molecule has 0 aliphatic carbocycles. The lowest BCUT2D eigenvalue weighted by molar-refractivity contribution is 0.0696. The zero-order valence-electron chi connectivity index (χ0n) is 12.2. The van der Waals surface area contributed by atoms with E-state index < -0.39 is 5.97 Å². The SMILES string of the molecule is CC1(C)CCN(C(=O)Nc2ccc(C(=O)O)cc2O)CC1. The summed E-state index contributed by atoms with van der Waals surface area (Å²) < 4.78 is 0. The number of phenols is 1. The van der Waals surface area contributed by atoms with Crippen molar-refractivity contribution in [1.82, 2.24) is 4.90 Å². The molecule has 1 aromatic carbocycles. The van der Waals surface area contributed by atoms with Gasteiger partial charge in [-0.1, -0.05) is 13.8 Å². The maximum Gasteiger partial charge on any atom is 0.335 e. The highest BCUT2D eigenvalue weighted by molar-refractivity contribution is 5.93. The van der Waals surface area contributed by atoms with Gasteiger partial charge in [0, 0.05) is 13.1 Å². The number of amides is 2. The average molecular weight is 292 g/mol. The lowest BCUT2D eigenvalue weighted by atomic mass is 9.83. The molecule has 1 aliphatic rings. The molecule has 3 N–H and O–H groups in total. The third-order valence-electron chi connectivity index (χ3n) is 3.89. The molecular formula is C15H20N2O4. The fraction of sp³-hybridized carbons (Fsp3) is 0.467. The number of rotatable bonds is 2. The Morgan fingerprint density at radius 1 is 1.24 bits per heavy atom. The van der Waals surface area contributed by atoms with E-state index in [0.29, 0.717) is 13.1 Å². The Hall–Kier alpha value is -2.24. The van der Waals surface area contributed by atoms with Crippen LogP contribution in [0.1, 0.15) is 37.0 Å². The number of hydrogen-bond donors (Lipinski definition) is 3. The minimum absolute atomic E-state index is 0.0229. The molecule has 0 radical (unpaired) electrons. The number of carbonyl (C=O) groups is 2. The average Bonchev–Trinajstić information content (AvgIpc) is 2.40. The molecule has 1 saturated heterocycles. The molecule has 1 heterocycles. The first-order valence-electron chi connectivity index (χ1n) is 6.91. The van der Waals surface area contributed by atoms with Gasteiger partial charge in [-0.25, -0.2) is 9.59 Å². The number of nitrogens with zero attached hydrogens (tertiary/aromatic N) is 1. The summed E-state index contributed by atoms with van der Waals surface area (Å²) >= 11 is 0. The molecule has 6 heteroatoms. The first kappa shape index (κ1) is 15.2. The molecule has 2 rings (SSSR count). The van der Waals surface area contributed by atoms with Gasteiger partial charge < -0.3 is 20.4 Å². The number of carboxylic acids is 1. The normalized spacial score (nSPS) is 17.3. The number of phenolic OH excluding ortho intramolecular Hbond substituents is 1. The van der Waals surface area contributed by atoms with Crippen LogP contribution in [0, 0.1) is 5.41 Å². The number of carboxylic acid groups (broad SMARTS) is 1. The Labute approximate surface area is 123 Å². The van der Waals surface area contributed by atoms with Gasteiger partial charge in [0.1, 0.15) is 5.75 Å². The highest BCUT2D eigenvalue weighted by Crippen LogP contribution is 2.30. The van der Waals surface area contributed by atoms with Crippen LogP contribution in [0.4, 0.5) is 10.5 Å². The number of aromatic carboxylic acids is 1. The number of urea groups is 1. The van der Waals surface area contributed by atoms with E-state index >= 15 is 0 Å². The Morgan fingerprint density at radius 3 is 2.38 bits per heavy atom. The van der Waals surface area contributed by atoms with Crippen molar-refractivity contribution >= 4 is 17.7 Å². The zero-order valence-corrected chi connectivity index (χ0v) is 12.2. The first-order chi connectivity index (χ1) is 9.78. The van der Waals surface area contributed by atoms with Gasteiger partial charge in [0.05, 0.1) is 11.3 Å². The van der Waals surface area contributed by atoms with E-state index in [4.69, 9.17) is 5.11 Å². The summed E-state index contributed by atoms with van der Waals surface area (Å²) in [5.41, 5.74) is 0.447. The fourth-order valence-corrected chi connectivity index (χ4v) is 2.28. The minimum atomic E-state index is -1.12. The first-order valence-corrected chi connectivity index (χ1v) is 6.91. The van der Waals surface area contributed by atoms with E-state index in [-0.39, 0.29) is 28.4 Å². The highest BCUT2D eigenvalue weighted by atomic mass is 16.4. The van der Waals surface area contributed by atoms with E-state index in [1.807, 2.05) is 0 Å². The molecule has 114 valence electrons. The predicted molar refractivity (Wildman–Crippen MR) is 78.7 cm³/mol. The number of hydrogen-bond acceptors (Lipinski definition) is 3. The number of likely N-dealkylation sites (tertiary alicyclic amines) is 1. The number of benzene rings is 1. The number of carbonyl (C=O) groups excluding carboxylic acids is 1. The molecule has 0 bridgehead atoms. The van der Waals surface area contributed by atoms with Gasteiger partial charge in [-0.15, -0.1) is 0 Å². The van der Waals surface area contributed by atoms with Crippen LogP contribution in [0.25, 0.3) is 0 Å². The molecule has 1 aliphatic heterocycles. The van der Waals surface area contributed by atoms with Crippen LogP contribution in [0.2, 0.25) is 0 Å². The Bertz CT molecular complexity index is 559.